The van der Waals surface area contributed by atoms with Crippen LogP contribution < -0.4 is 0 Å². The van der Waals surface area contributed by atoms with Crippen molar-refractivity contribution < 1.29 is 5.11 Å². The Kier molecular flexibility index (Phi) is 3.48. The van der Waals surface area contributed by atoms with Gasteiger partial charge in [-0.15, -0.1) is 0 Å². The van der Waals surface area contributed by atoms with Crippen LogP contribution in [0.3, 0.4) is 0 Å². The largest absolute Gasteiger partial charge is 0.508 e. The molecule has 0 unspecified atom stereocenters. The molecule has 1 N–H and O–H groups in total. The van der Waals surface area contributed by atoms with Crippen molar-refractivity contribution in [3.63, 3.8) is 0 Å². The number of aromatic hydroxyl groups is 1. The highest BCUT2D eigenvalue weighted by Gasteiger charge is 2.05. The maximum atomic E-state index is 10.0. The molecule has 2 aromatic rings. The van der Waals surface area contributed by atoms with E-state index >= 15 is 0 Å². The Hall–Kier alpha value is -1.76. The Bertz CT molecular complexity index is 486. The van der Waals surface area contributed by atoms with Crippen LogP contribution in [0.1, 0.15) is 36.5 Å². The molecule has 0 amide bonds. The SMILES string of the molecule is CC(C)c1ccc(Cc2ccccc2)c(O)c1. The summed E-state index contributed by atoms with van der Waals surface area (Å²) in [5, 5.41) is 10.0. The Balaban J connectivity index is 2.23. The maximum absolute atomic E-state index is 10.0. The second-order valence-electron chi connectivity index (χ2n) is 4.71. The van der Waals surface area contributed by atoms with Crippen LogP contribution in [-0.4, -0.2) is 5.11 Å². The van der Waals surface area contributed by atoms with E-state index in [0.717, 1.165) is 12.0 Å². The molecule has 0 aliphatic heterocycles. The van der Waals surface area contributed by atoms with Gasteiger partial charge in [-0.1, -0.05) is 56.3 Å². The van der Waals surface area contributed by atoms with Gasteiger partial charge in [-0.2, -0.15) is 0 Å². The van der Waals surface area contributed by atoms with E-state index in [-0.39, 0.29) is 0 Å². The second-order valence-corrected chi connectivity index (χ2v) is 4.71. The molecule has 2 aromatic carbocycles. The van der Waals surface area contributed by atoms with Gasteiger partial charge < -0.3 is 5.11 Å². The van der Waals surface area contributed by atoms with Crippen LogP contribution in [0.5, 0.6) is 5.75 Å². The maximum Gasteiger partial charge on any atom is 0.119 e. The zero-order valence-corrected chi connectivity index (χ0v) is 10.4. The first kappa shape index (κ1) is 11.7. The van der Waals surface area contributed by atoms with Crippen LogP contribution in [0.4, 0.5) is 0 Å². The second kappa shape index (κ2) is 5.05. The van der Waals surface area contributed by atoms with E-state index in [0.29, 0.717) is 11.7 Å². The minimum atomic E-state index is 0.403. The minimum absolute atomic E-state index is 0.403. The van der Waals surface area contributed by atoms with Crippen molar-refractivity contribution in [2.75, 3.05) is 0 Å². The first-order chi connectivity index (χ1) is 8.16. The smallest absolute Gasteiger partial charge is 0.119 e. The van der Waals surface area contributed by atoms with Crippen molar-refractivity contribution in [3.8, 4) is 5.75 Å². The highest BCUT2D eigenvalue weighted by Crippen LogP contribution is 2.25. The lowest BCUT2D eigenvalue weighted by Gasteiger charge is -2.09. The first-order valence-electron chi connectivity index (χ1n) is 6.02. The topological polar surface area (TPSA) is 20.2 Å². The molecule has 0 radical (unpaired) electrons. The molecule has 2 rings (SSSR count). The molecular formula is C16H18O. The summed E-state index contributed by atoms with van der Waals surface area (Å²) in [6.45, 7) is 4.26. The number of phenolic OH excluding ortho intramolecular Hbond substituents is 1. The molecule has 0 atom stereocenters. The van der Waals surface area contributed by atoms with E-state index in [1.807, 2.05) is 30.3 Å². The molecule has 0 fully saturated rings. The summed E-state index contributed by atoms with van der Waals surface area (Å²) in [4.78, 5) is 0. The number of hydrogen-bond donors (Lipinski definition) is 1. The van der Waals surface area contributed by atoms with Gasteiger partial charge in [-0.3, -0.25) is 0 Å². The zero-order valence-electron chi connectivity index (χ0n) is 10.4. The third kappa shape index (κ3) is 2.88. The van der Waals surface area contributed by atoms with E-state index in [2.05, 4.69) is 32.0 Å². The van der Waals surface area contributed by atoms with E-state index in [4.69, 9.17) is 0 Å². The van der Waals surface area contributed by atoms with Gasteiger partial charge in [-0.05, 0) is 28.7 Å². The average molecular weight is 226 g/mol. The van der Waals surface area contributed by atoms with Crippen molar-refractivity contribution in [1.82, 2.24) is 0 Å². The van der Waals surface area contributed by atoms with E-state index in [9.17, 15) is 5.11 Å². The standard InChI is InChI=1S/C16H18O/c1-12(2)14-8-9-15(16(17)11-14)10-13-6-4-3-5-7-13/h3-9,11-12,17H,10H2,1-2H3. The lowest BCUT2D eigenvalue weighted by atomic mass is 9.98. The summed E-state index contributed by atoms with van der Waals surface area (Å²) in [6, 6.07) is 16.2. The van der Waals surface area contributed by atoms with E-state index in [1.165, 1.54) is 11.1 Å². The normalized spacial score (nSPS) is 10.8. The molecular weight excluding hydrogens is 208 g/mol. The van der Waals surface area contributed by atoms with Gasteiger partial charge in [0, 0.05) is 6.42 Å². The van der Waals surface area contributed by atoms with Gasteiger partial charge in [0.1, 0.15) is 5.75 Å². The van der Waals surface area contributed by atoms with Crippen molar-refractivity contribution in [1.29, 1.82) is 0 Å². The predicted octanol–water partition coefficient (Wildman–Crippen LogP) is 4.11. The molecule has 1 nitrogen and oxygen atoms in total. The van der Waals surface area contributed by atoms with Crippen molar-refractivity contribution >= 4 is 0 Å². The summed E-state index contributed by atoms with van der Waals surface area (Å²) in [6.07, 6.45) is 0.783. The number of rotatable bonds is 3. The molecule has 0 saturated carbocycles. The third-order valence-corrected chi connectivity index (χ3v) is 3.01. The van der Waals surface area contributed by atoms with Crippen LogP contribution in [0.15, 0.2) is 48.5 Å². The fraction of sp³-hybridized carbons (Fsp3) is 0.250. The molecule has 0 spiro atoms. The summed E-state index contributed by atoms with van der Waals surface area (Å²) in [5.74, 6) is 0.853. The average Bonchev–Trinajstić information content (AvgIpc) is 2.33. The minimum Gasteiger partial charge on any atom is -0.508 e. The third-order valence-electron chi connectivity index (χ3n) is 3.01. The number of phenols is 1. The molecule has 0 aromatic heterocycles. The molecule has 1 heteroatoms. The lowest BCUT2D eigenvalue weighted by molar-refractivity contribution is 0.468. The van der Waals surface area contributed by atoms with Gasteiger partial charge in [-0.25, -0.2) is 0 Å². The lowest BCUT2D eigenvalue weighted by Crippen LogP contribution is -1.92. The van der Waals surface area contributed by atoms with Crippen LogP contribution in [-0.2, 0) is 6.42 Å². The van der Waals surface area contributed by atoms with Gasteiger partial charge in [0.15, 0.2) is 0 Å². The fourth-order valence-corrected chi connectivity index (χ4v) is 1.91. The summed E-state index contributed by atoms with van der Waals surface area (Å²) in [5.41, 5.74) is 3.39. The van der Waals surface area contributed by atoms with Gasteiger partial charge in [0.2, 0.25) is 0 Å². The first-order valence-corrected chi connectivity index (χ1v) is 6.02. The molecule has 0 heterocycles. The van der Waals surface area contributed by atoms with Crippen LogP contribution in [0.2, 0.25) is 0 Å². The van der Waals surface area contributed by atoms with Gasteiger partial charge in [0.25, 0.3) is 0 Å². The van der Waals surface area contributed by atoms with Crippen molar-refractivity contribution in [2.45, 2.75) is 26.2 Å². The van der Waals surface area contributed by atoms with Crippen molar-refractivity contribution in [2.24, 2.45) is 0 Å². The van der Waals surface area contributed by atoms with Crippen LogP contribution in [0, 0.1) is 0 Å². The molecule has 0 aliphatic rings. The Morgan fingerprint density at radius 3 is 2.29 bits per heavy atom. The highest BCUT2D eigenvalue weighted by atomic mass is 16.3. The van der Waals surface area contributed by atoms with Crippen molar-refractivity contribution in [3.05, 3.63) is 65.2 Å². The van der Waals surface area contributed by atoms with Gasteiger partial charge in [0.05, 0.1) is 0 Å². The molecule has 0 aliphatic carbocycles. The molecule has 0 bridgehead atoms. The van der Waals surface area contributed by atoms with Crippen LogP contribution >= 0.6 is 0 Å². The Morgan fingerprint density at radius 2 is 1.71 bits per heavy atom. The van der Waals surface area contributed by atoms with E-state index < -0.39 is 0 Å². The highest BCUT2D eigenvalue weighted by molar-refractivity contribution is 5.40. The Labute approximate surface area is 103 Å². The molecule has 88 valence electrons. The quantitative estimate of drug-likeness (QED) is 0.835. The zero-order chi connectivity index (χ0) is 12.3. The fourth-order valence-electron chi connectivity index (χ4n) is 1.91. The van der Waals surface area contributed by atoms with Crippen LogP contribution in [0.25, 0.3) is 0 Å². The predicted molar refractivity (Wildman–Crippen MR) is 71.4 cm³/mol. The molecule has 17 heavy (non-hydrogen) atoms. The summed E-state index contributed by atoms with van der Waals surface area (Å²) < 4.78 is 0. The summed E-state index contributed by atoms with van der Waals surface area (Å²) >= 11 is 0. The van der Waals surface area contributed by atoms with E-state index in [1.54, 1.807) is 0 Å². The summed E-state index contributed by atoms with van der Waals surface area (Å²) in [7, 11) is 0. The number of benzene rings is 2. The Morgan fingerprint density at radius 1 is 1.00 bits per heavy atom. The number of hydrogen-bond acceptors (Lipinski definition) is 1. The monoisotopic (exact) mass is 226 g/mol. The van der Waals surface area contributed by atoms with Gasteiger partial charge >= 0.3 is 0 Å². The molecule has 0 saturated heterocycles.